The second-order valence-electron chi connectivity index (χ2n) is 1.54. The Kier molecular flexibility index (Phi) is 3.84. The average Bonchev–Trinajstić information content (AvgIpc) is 1.83. The summed E-state index contributed by atoms with van der Waals surface area (Å²) in [5.74, 6) is -0.180. The summed E-state index contributed by atoms with van der Waals surface area (Å²) in [5.41, 5.74) is 0. The molecular formula is C5H8O3. The molecular weight excluding hydrogens is 108 g/mol. The first-order valence-electron chi connectivity index (χ1n) is 2.31. The summed E-state index contributed by atoms with van der Waals surface area (Å²) in [6, 6.07) is 0. The van der Waals surface area contributed by atoms with E-state index in [1.54, 1.807) is 6.92 Å². The highest BCUT2D eigenvalue weighted by molar-refractivity contribution is 5.53. The fourth-order valence-corrected chi connectivity index (χ4v) is 0.230. The van der Waals surface area contributed by atoms with Crippen molar-refractivity contribution in [2.24, 2.45) is 5.92 Å². The molecule has 0 saturated carbocycles. The molecule has 0 aromatic rings. The van der Waals surface area contributed by atoms with E-state index >= 15 is 0 Å². The SMILES string of the molecule is CC(C=O)COC=O. The highest BCUT2D eigenvalue weighted by Crippen LogP contribution is 1.86. The molecule has 0 fully saturated rings. The van der Waals surface area contributed by atoms with Crippen molar-refractivity contribution in [1.29, 1.82) is 0 Å². The molecule has 0 bridgehead atoms. The van der Waals surface area contributed by atoms with E-state index in [0.29, 0.717) is 6.47 Å². The number of carbonyl (C=O) groups excluding carboxylic acids is 2. The molecule has 1 unspecified atom stereocenters. The van der Waals surface area contributed by atoms with Crippen LogP contribution in [0.1, 0.15) is 6.92 Å². The zero-order valence-electron chi connectivity index (χ0n) is 4.66. The molecule has 0 rings (SSSR count). The monoisotopic (exact) mass is 116 g/mol. The van der Waals surface area contributed by atoms with Crippen molar-refractivity contribution in [2.45, 2.75) is 6.92 Å². The molecule has 0 aliphatic rings. The largest absolute Gasteiger partial charge is 0.467 e. The van der Waals surface area contributed by atoms with Crippen LogP contribution in [0.15, 0.2) is 0 Å². The Morgan fingerprint density at radius 1 is 1.62 bits per heavy atom. The molecule has 0 heterocycles. The van der Waals surface area contributed by atoms with Gasteiger partial charge in [0.2, 0.25) is 0 Å². The van der Waals surface area contributed by atoms with Gasteiger partial charge in [0, 0.05) is 5.92 Å². The summed E-state index contributed by atoms with van der Waals surface area (Å²) in [7, 11) is 0. The zero-order chi connectivity index (χ0) is 6.41. The van der Waals surface area contributed by atoms with Crippen LogP contribution in [0.3, 0.4) is 0 Å². The lowest BCUT2D eigenvalue weighted by Crippen LogP contribution is -2.05. The van der Waals surface area contributed by atoms with E-state index in [1.807, 2.05) is 0 Å². The first-order valence-corrected chi connectivity index (χ1v) is 2.31. The van der Waals surface area contributed by atoms with Crippen LogP contribution in [-0.4, -0.2) is 19.4 Å². The van der Waals surface area contributed by atoms with Crippen molar-refractivity contribution in [3.8, 4) is 0 Å². The molecule has 0 saturated heterocycles. The molecule has 8 heavy (non-hydrogen) atoms. The summed E-state index contributed by atoms with van der Waals surface area (Å²) in [4.78, 5) is 19.3. The van der Waals surface area contributed by atoms with E-state index in [4.69, 9.17) is 0 Å². The van der Waals surface area contributed by atoms with Gasteiger partial charge in [-0.05, 0) is 0 Å². The lowest BCUT2D eigenvalue weighted by Gasteiger charge is -1.97. The van der Waals surface area contributed by atoms with Crippen molar-refractivity contribution >= 4 is 12.8 Å². The predicted molar refractivity (Wildman–Crippen MR) is 27.2 cm³/mol. The fourth-order valence-electron chi connectivity index (χ4n) is 0.230. The third-order valence-electron chi connectivity index (χ3n) is 0.659. The Morgan fingerprint density at radius 3 is 2.62 bits per heavy atom. The van der Waals surface area contributed by atoms with Gasteiger partial charge >= 0.3 is 0 Å². The molecule has 0 aliphatic carbocycles. The van der Waals surface area contributed by atoms with E-state index in [2.05, 4.69) is 4.74 Å². The summed E-state index contributed by atoms with van der Waals surface area (Å²) in [6.07, 6.45) is 0.740. The van der Waals surface area contributed by atoms with E-state index in [1.165, 1.54) is 0 Å². The Hall–Kier alpha value is -0.860. The third-order valence-corrected chi connectivity index (χ3v) is 0.659. The van der Waals surface area contributed by atoms with Gasteiger partial charge < -0.3 is 9.53 Å². The molecule has 1 atom stereocenters. The minimum absolute atomic E-state index is 0.180. The second-order valence-corrected chi connectivity index (χ2v) is 1.54. The maximum atomic E-state index is 9.81. The lowest BCUT2D eigenvalue weighted by molar-refractivity contribution is -0.130. The molecule has 0 radical (unpaired) electrons. The maximum Gasteiger partial charge on any atom is 0.293 e. The maximum absolute atomic E-state index is 9.81. The third kappa shape index (κ3) is 3.33. The number of ether oxygens (including phenoxy) is 1. The van der Waals surface area contributed by atoms with Crippen LogP contribution in [0, 0.1) is 5.92 Å². The van der Waals surface area contributed by atoms with Crippen LogP contribution in [0.4, 0.5) is 0 Å². The number of rotatable bonds is 4. The van der Waals surface area contributed by atoms with Crippen LogP contribution in [-0.2, 0) is 14.3 Å². The van der Waals surface area contributed by atoms with Gasteiger partial charge in [-0.2, -0.15) is 0 Å². The summed E-state index contributed by atoms with van der Waals surface area (Å²) in [5, 5.41) is 0. The first kappa shape index (κ1) is 7.14. The molecule has 0 spiro atoms. The van der Waals surface area contributed by atoms with Gasteiger partial charge in [-0.25, -0.2) is 0 Å². The normalized spacial score (nSPS) is 12.1. The van der Waals surface area contributed by atoms with Gasteiger partial charge in [0.15, 0.2) is 0 Å². The molecule has 0 N–H and O–H groups in total. The van der Waals surface area contributed by atoms with Gasteiger partial charge in [0.05, 0.1) is 0 Å². The van der Waals surface area contributed by atoms with Crippen LogP contribution in [0.2, 0.25) is 0 Å². The van der Waals surface area contributed by atoms with Crippen LogP contribution in [0.25, 0.3) is 0 Å². The molecule has 0 aromatic carbocycles. The second kappa shape index (κ2) is 4.30. The van der Waals surface area contributed by atoms with Crippen molar-refractivity contribution in [3.63, 3.8) is 0 Å². The van der Waals surface area contributed by atoms with Crippen molar-refractivity contribution in [3.05, 3.63) is 0 Å². The number of hydrogen-bond acceptors (Lipinski definition) is 3. The zero-order valence-corrected chi connectivity index (χ0v) is 4.66. The average molecular weight is 116 g/mol. The Morgan fingerprint density at radius 2 is 2.25 bits per heavy atom. The standard InChI is InChI=1S/C5H8O3/c1-5(2-6)3-8-4-7/h2,4-5H,3H2,1H3. The van der Waals surface area contributed by atoms with Gasteiger partial charge in [-0.1, -0.05) is 6.92 Å². The Bertz CT molecular complexity index is 79.7. The summed E-state index contributed by atoms with van der Waals surface area (Å²) >= 11 is 0. The predicted octanol–water partition coefficient (Wildman–Crippen LogP) is -0.00560. The van der Waals surface area contributed by atoms with Crippen molar-refractivity contribution in [2.75, 3.05) is 6.61 Å². The number of aldehydes is 1. The van der Waals surface area contributed by atoms with E-state index in [9.17, 15) is 9.59 Å². The van der Waals surface area contributed by atoms with Crippen LogP contribution < -0.4 is 0 Å². The summed E-state index contributed by atoms with van der Waals surface area (Å²) < 4.78 is 4.27. The van der Waals surface area contributed by atoms with E-state index in [-0.39, 0.29) is 12.5 Å². The summed E-state index contributed by atoms with van der Waals surface area (Å²) in [6.45, 7) is 2.20. The van der Waals surface area contributed by atoms with Gasteiger partial charge in [-0.15, -0.1) is 0 Å². The van der Waals surface area contributed by atoms with Crippen molar-refractivity contribution in [1.82, 2.24) is 0 Å². The molecule has 0 aromatic heterocycles. The minimum atomic E-state index is -0.180. The highest BCUT2D eigenvalue weighted by Gasteiger charge is 1.96. The molecule has 3 nitrogen and oxygen atoms in total. The first-order chi connectivity index (χ1) is 3.81. The number of carbonyl (C=O) groups is 2. The van der Waals surface area contributed by atoms with Gasteiger partial charge in [0.1, 0.15) is 12.9 Å². The van der Waals surface area contributed by atoms with E-state index < -0.39 is 0 Å². The molecule has 46 valence electrons. The smallest absolute Gasteiger partial charge is 0.293 e. The quantitative estimate of drug-likeness (QED) is 0.485. The minimum Gasteiger partial charge on any atom is -0.467 e. The highest BCUT2D eigenvalue weighted by atomic mass is 16.5. The Balaban J connectivity index is 3.09. The van der Waals surface area contributed by atoms with Crippen LogP contribution >= 0.6 is 0 Å². The topological polar surface area (TPSA) is 43.4 Å². The van der Waals surface area contributed by atoms with Gasteiger partial charge in [-0.3, -0.25) is 4.79 Å². The molecule has 3 heteroatoms. The van der Waals surface area contributed by atoms with Crippen molar-refractivity contribution < 1.29 is 14.3 Å². The van der Waals surface area contributed by atoms with E-state index in [0.717, 1.165) is 6.29 Å². The molecule has 0 amide bonds. The number of hydrogen-bond donors (Lipinski definition) is 0. The van der Waals surface area contributed by atoms with Crippen LogP contribution in [0.5, 0.6) is 0 Å². The fraction of sp³-hybridized carbons (Fsp3) is 0.600. The lowest BCUT2D eigenvalue weighted by atomic mass is 10.2. The van der Waals surface area contributed by atoms with Gasteiger partial charge in [0.25, 0.3) is 6.47 Å². The Labute approximate surface area is 47.6 Å². The molecule has 0 aliphatic heterocycles.